The molecule has 0 bridgehead atoms. The second-order valence-electron chi connectivity index (χ2n) is 5.90. The van der Waals surface area contributed by atoms with Gasteiger partial charge in [0.2, 0.25) is 5.91 Å². The highest BCUT2D eigenvalue weighted by molar-refractivity contribution is 5.94. The lowest BCUT2D eigenvalue weighted by Gasteiger charge is -2.23. The molecular formula is C19H16FN3O2. The van der Waals surface area contributed by atoms with Gasteiger partial charge in [-0.05, 0) is 42.0 Å². The van der Waals surface area contributed by atoms with Crippen LogP contribution in [0.2, 0.25) is 0 Å². The molecule has 1 aliphatic rings. The standard InChI is InChI=1S/C19H16FN3O2/c1-25-15-8-2-12(3-9-15)16-10-17(24)22-19-18(16)21-11-23(19)14-6-4-13(20)5-7-14/h2-9,11,16H,10H2,1H3,(H,22,24)/t16-/m1/s1. The van der Waals surface area contributed by atoms with Crippen LogP contribution in [-0.4, -0.2) is 22.6 Å². The van der Waals surface area contributed by atoms with Crippen LogP contribution in [0, 0.1) is 5.82 Å². The van der Waals surface area contributed by atoms with E-state index in [0.29, 0.717) is 12.2 Å². The van der Waals surface area contributed by atoms with Crippen LogP contribution in [0.4, 0.5) is 10.2 Å². The first-order chi connectivity index (χ1) is 12.2. The van der Waals surface area contributed by atoms with E-state index in [1.165, 1.54) is 12.1 Å². The number of rotatable bonds is 3. The molecule has 0 saturated heterocycles. The van der Waals surface area contributed by atoms with Crippen LogP contribution in [-0.2, 0) is 4.79 Å². The van der Waals surface area contributed by atoms with Crippen molar-refractivity contribution in [3.05, 3.63) is 71.9 Å². The maximum atomic E-state index is 13.2. The maximum Gasteiger partial charge on any atom is 0.226 e. The molecule has 2 heterocycles. The Hall–Kier alpha value is -3.15. The van der Waals surface area contributed by atoms with E-state index in [1.54, 1.807) is 30.1 Å². The largest absolute Gasteiger partial charge is 0.497 e. The van der Waals surface area contributed by atoms with Crippen molar-refractivity contribution in [2.45, 2.75) is 12.3 Å². The molecule has 1 amide bonds. The lowest BCUT2D eigenvalue weighted by atomic mass is 9.90. The number of benzene rings is 2. The number of ether oxygens (including phenoxy) is 1. The van der Waals surface area contributed by atoms with Gasteiger partial charge in [-0.2, -0.15) is 0 Å². The predicted molar refractivity (Wildman–Crippen MR) is 91.6 cm³/mol. The van der Waals surface area contributed by atoms with Crippen molar-refractivity contribution in [3.63, 3.8) is 0 Å². The molecule has 0 unspecified atom stereocenters. The van der Waals surface area contributed by atoms with Crippen LogP contribution in [0.3, 0.4) is 0 Å². The van der Waals surface area contributed by atoms with Crippen LogP contribution < -0.4 is 10.1 Å². The van der Waals surface area contributed by atoms with Gasteiger partial charge in [0, 0.05) is 18.0 Å². The second-order valence-corrected chi connectivity index (χ2v) is 5.90. The fourth-order valence-corrected chi connectivity index (χ4v) is 3.12. The average molecular weight is 337 g/mol. The molecule has 126 valence electrons. The molecule has 1 N–H and O–H groups in total. The normalized spacial score (nSPS) is 16.2. The molecule has 0 spiro atoms. The number of anilines is 1. The molecule has 1 aromatic heterocycles. The number of aromatic nitrogens is 2. The van der Waals surface area contributed by atoms with Crippen molar-refractivity contribution in [2.75, 3.05) is 12.4 Å². The number of amides is 1. The van der Waals surface area contributed by atoms with Crippen molar-refractivity contribution in [2.24, 2.45) is 0 Å². The summed E-state index contributed by atoms with van der Waals surface area (Å²) in [5.74, 6) is 0.885. The number of fused-ring (bicyclic) bond motifs is 1. The number of nitrogens with zero attached hydrogens (tertiary/aromatic N) is 2. The highest BCUT2D eigenvalue weighted by Crippen LogP contribution is 2.37. The molecule has 6 heteroatoms. The predicted octanol–water partition coefficient (Wildman–Crippen LogP) is 3.49. The van der Waals surface area contributed by atoms with Gasteiger partial charge in [0.05, 0.1) is 12.8 Å². The summed E-state index contributed by atoms with van der Waals surface area (Å²) in [6.07, 6.45) is 1.99. The molecule has 1 aliphatic heterocycles. The van der Waals surface area contributed by atoms with Gasteiger partial charge in [-0.15, -0.1) is 0 Å². The lowest BCUT2D eigenvalue weighted by Crippen LogP contribution is -2.24. The Labute approximate surface area is 144 Å². The van der Waals surface area contributed by atoms with Gasteiger partial charge in [0.25, 0.3) is 0 Å². The average Bonchev–Trinajstić information content (AvgIpc) is 3.05. The first-order valence-corrected chi connectivity index (χ1v) is 7.92. The number of halogens is 1. The zero-order valence-corrected chi connectivity index (χ0v) is 13.6. The number of hydrogen-bond acceptors (Lipinski definition) is 3. The number of hydrogen-bond donors (Lipinski definition) is 1. The summed E-state index contributed by atoms with van der Waals surface area (Å²) in [6, 6.07) is 13.7. The summed E-state index contributed by atoms with van der Waals surface area (Å²) in [5, 5.41) is 2.89. The van der Waals surface area contributed by atoms with Gasteiger partial charge in [0.15, 0.2) is 0 Å². The summed E-state index contributed by atoms with van der Waals surface area (Å²) in [6.45, 7) is 0. The van der Waals surface area contributed by atoms with Crippen molar-refractivity contribution >= 4 is 11.7 Å². The van der Waals surface area contributed by atoms with Crippen LogP contribution in [0.1, 0.15) is 23.6 Å². The second kappa shape index (κ2) is 6.05. The Balaban J connectivity index is 1.76. The molecule has 4 rings (SSSR count). The van der Waals surface area contributed by atoms with Crippen molar-refractivity contribution in [1.29, 1.82) is 0 Å². The first-order valence-electron chi connectivity index (χ1n) is 7.92. The summed E-state index contributed by atoms with van der Waals surface area (Å²) in [4.78, 5) is 16.7. The molecule has 0 saturated carbocycles. The molecule has 0 fully saturated rings. The SMILES string of the molecule is COc1ccc([C@H]2CC(=O)Nc3c2ncn3-c2ccc(F)cc2)cc1. The monoisotopic (exact) mass is 337 g/mol. The minimum absolute atomic E-state index is 0.0721. The quantitative estimate of drug-likeness (QED) is 0.796. The highest BCUT2D eigenvalue weighted by atomic mass is 19.1. The Kier molecular flexibility index (Phi) is 3.72. The van der Waals surface area contributed by atoms with Crippen LogP contribution in [0.15, 0.2) is 54.9 Å². The topological polar surface area (TPSA) is 56.1 Å². The molecule has 3 aromatic rings. The van der Waals surface area contributed by atoms with Crippen LogP contribution in [0.5, 0.6) is 5.75 Å². The van der Waals surface area contributed by atoms with E-state index in [4.69, 9.17) is 4.74 Å². The summed E-state index contributed by atoms with van der Waals surface area (Å²) >= 11 is 0. The molecule has 0 radical (unpaired) electrons. The Bertz CT molecular complexity index is 917. The van der Waals surface area contributed by atoms with Crippen molar-refractivity contribution in [3.8, 4) is 11.4 Å². The highest BCUT2D eigenvalue weighted by Gasteiger charge is 2.30. The van der Waals surface area contributed by atoms with E-state index in [0.717, 1.165) is 22.7 Å². The van der Waals surface area contributed by atoms with E-state index in [1.807, 2.05) is 24.3 Å². The van der Waals surface area contributed by atoms with Crippen molar-refractivity contribution < 1.29 is 13.9 Å². The fourth-order valence-electron chi connectivity index (χ4n) is 3.12. The zero-order chi connectivity index (χ0) is 17.4. The maximum absolute atomic E-state index is 13.2. The van der Waals surface area contributed by atoms with Crippen molar-refractivity contribution in [1.82, 2.24) is 9.55 Å². The summed E-state index contributed by atoms with van der Waals surface area (Å²) in [7, 11) is 1.62. The third-order valence-electron chi connectivity index (χ3n) is 4.40. The fraction of sp³-hybridized carbons (Fsp3) is 0.158. The molecule has 0 aliphatic carbocycles. The summed E-state index contributed by atoms with van der Waals surface area (Å²) in [5.41, 5.74) is 2.54. The molecule has 5 nitrogen and oxygen atoms in total. The van der Waals surface area contributed by atoms with Gasteiger partial charge in [-0.1, -0.05) is 12.1 Å². The van der Waals surface area contributed by atoms with Gasteiger partial charge in [-0.3, -0.25) is 9.36 Å². The van der Waals surface area contributed by atoms with Gasteiger partial charge in [-0.25, -0.2) is 9.37 Å². The Morgan fingerprint density at radius 2 is 1.88 bits per heavy atom. The molecule has 2 aromatic carbocycles. The van der Waals surface area contributed by atoms with Gasteiger partial charge in [0.1, 0.15) is 23.7 Å². The number of nitrogens with one attached hydrogen (secondary N) is 1. The lowest BCUT2D eigenvalue weighted by molar-refractivity contribution is -0.116. The molecule has 25 heavy (non-hydrogen) atoms. The number of carbonyl (C=O) groups is 1. The van der Waals surface area contributed by atoms with Crippen LogP contribution in [0.25, 0.3) is 5.69 Å². The van der Waals surface area contributed by atoms with E-state index >= 15 is 0 Å². The zero-order valence-electron chi connectivity index (χ0n) is 13.6. The van der Waals surface area contributed by atoms with Crippen LogP contribution >= 0.6 is 0 Å². The Morgan fingerprint density at radius 3 is 2.56 bits per heavy atom. The molecule has 1 atom stereocenters. The third-order valence-corrected chi connectivity index (χ3v) is 4.40. The van der Waals surface area contributed by atoms with E-state index in [2.05, 4.69) is 10.3 Å². The number of imidazole rings is 1. The number of methoxy groups -OCH3 is 1. The van der Waals surface area contributed by atoms with E-state index in [9.17, 15) is 9.18 Å². The number of carbonyl (C=O) groups excluding carboxylic acids is 1. The minimum atomic E-state index is -0.308. The minimum Gasteiger partial charge on any atom is -0.497 e. The smallest absolute Gasteiger partial charge is 0.226 e. The van der Waals surface area contributed by atoms with E-state index in [-0.39, 0.29) is 17.6 Å². The summed E-state index contributed by atoms with van der Waals surface area (Å²) < 4.78 is 20.1. The third kappa shape index (κ3) is 2.76. The Morgan fingerprint density at radius 1 is 1.16 bits per heavy atom. The van der Waals surface area contributed by atoms with Gasteiger partial charge >= 0.3 is 0 Å². The van der Waals surface area contributed by atoms with E-state index < -0.39 is 0 Å². The molecular weight excluding hydrogens is 321 g/mol. The first kappa shape index (κ1) is 15.4. The van der Waals surface area contributed by atoms with Gasteiger partial charge < -0.3 is 10.1 Å².